The van der Waals surface area contributed by atoms with Crippen LogP contribution in [-0.4, -0.2) is 19.1 Å². The Kier molecular flexibility index (Phi) is 6.27. The highest BCUT2D eigenvalue weighted by Gasteiger charge is 2.17. The molecule has 0 bridgehead atoms. The molecule has 0 fully saturated rings. The molecule has 0 unspecified atom stereocenters. The Balaban J connectivity index is 1.33. The maximum absolute atomic E-state index is 5.73. The van der Waals surface area contributed by atoms with Gasteiger partial charge in [-0.1, -0.05) is 43.7 Å². The van der Waals surface area contributed by atoms with Crippen molar-refractivity contribution < 1.29 is 4.42 Å². The molecule has 0 spiro atoms. The maximum Gasteiger partial charge on any atom is 0.144 e. The molecular formula is C36H32N4O. The second-order valence-corrected chi connectivity index (χ2v) is 10.7. The molecule has 41 heavy (non-hydrogen) atoms. The molecule has 202 valence electrons. The van der Waals surface area contributed by atoms with Crippen molar-refractivity contribution in [3.63, 3.8) is 0 Å². The van der Waals surface area contributed by atoms with Crippen molar-refractivity contribution in [2.75, 3.05) is 0 Å². The highest BCUT2D eigenvalue weighted by molar-refractivity contribution is 6.10. The Morgan fingerprint density at radius 1 is 0.756 bits per heavy atom. The highest BCUT2D eigenvalue weighted by Crippen LogP contribution is 2.36. The van der Waals surface area contributed by atoms with E-state index in [-0.39, 0.29) is 0 Å². The molecule has 5 nitrogen and oxygen atoms in total. The van der Waals surface area contributed by atoms with E-state index in [0.717, 1.165) is 58.1 Å². The standard InChI is InChI=1S/C36H32N4O/c1-4-5-9-28-21-25(3)34(23-38-28)39-18-17-37-36(39)27-14-16-31(24(2)20-27)40-32-11-7-6-10-29(32)30-15-13-26(22-33(30)40)35-12-8-19-41-35/h6-8,10-23H,4-5,9H2,1-3H3. The van der Waals surface area contributed by atoms with Gasteiger partial charge in [0.15, 0.2) is 0 Å². The Morgan fingerprint density at radius 2 is 1.59 bits per heavy atom. The third-order valence-electron chi connectivity index (χ3n) is 8.00. The first-order chi connectivity index (χ1) is 20.1. The van der Waals surface area contributed by atoms with E-state index in [1.165, 1.54) is 33.8 Å². The third-order valence-corrected chi connectivity index (χ3v) is 8.00. The summed E-state index contributed by atoms with van der Waals surface area (Å²) in [5.41, 5.74) is 10.2. The predicted molar refractivity (Wildman–Crippen MR) is 167 cm³/mol. The van der Waals surface area contributed by atoms with Crippen LogP contribution in [0.1, 0.15) is 36.6 Å². The molecule has 7 rings (SSSR count). The Morgan fingerprint density at radius 3 is 2.39 bits per heavy atom. The number of fused-ring (bicyclic) bond motifs is 3. The van der Waals surface area contributed by atoms with Gasteiger partial charge in [-0.05, 0) is 86.3 Å². The van der Waals surface area contributed by atoms with Crippen LogP contribution in [0, 0.1) is 13.8 Å². The van der Waals surface area contributed by atoms with Crippen molar-refractivity contribution in [2.24, 2.45) is 0 Å². The second kappa shape index (κ2) is 10.3. The van der Waals surface area contributed by atoms with E-state index in [4.69, 9.17) is 14.4 Å². The fourth-order valence-electron chi connectivity index (χ4n) is 5.94. The van der Waals surface area contributed by atoms with Gasteiger partial charge in [-0.2, -0.15) is 0 Å². The van der Waals surface area contributed by atoms with E-state index in [1.54, 1.807) is 6.26 Å². The molecule has 4 aromatic heterocycles. The van der Waals surface area contributed by atoms with Crippen LogP contribution >= 0.6 is 0 Å². The first-order valence-electron chi connectivity index (χ1n) is 14.3. The number of unbranched alkanes of at least 4 members (excludes halogenated alkanes) is 1. The van der Waals surface area contributed by atoms with Crippen LogP contribution in [0.3, 0.4) is 0 Å². The third kappa shape index (κ3) is 4.34. The van der Waals surface area contributed by atoms with Crippen LogP contribution in [0.4, 0.5) is 0 Å². The van der Waals surface area contributed by atoms with Gasteiger partial charge >= 0.3 is 0 Å². The minimum atomic E-state index is 0.866. The van der Waals surface area contributed by atoms with Gasteiger partial charge in [0.1, 0.15) is 11.6 Å². The van der Waals surface area contributed by atoms with Gasteiger partial charge in [-0.3, -0.25) is 9.55 Å². The van der Waals surface area contributed by atoms with Crippen molar-refractivity contribution in [1.82, 2.24) is 19.1 Å². The molecule has 0 aliphatic rings. The van der Waals surface area contributed by atoms with Crippen molar-refractivity contribution >= 4 is 21.8 Å². The van der Waals surface area contributed by atoms with E-state index in [9.17, 15) is 0 Å². The molecule has 0 aliphatic heterocycles. The zero-order valence-electron chi connectivity index (χ0n) is 23.6. The normalized spacial score (nSPS) is 11.6. The summed E-state index contributed by atoms with van der Waals surface area (Å²) in [5, 5.41) is 2.46. The lowest BCUT2D eigenvalue weighted by molar-refractivity contribution is 0.582. The molecule has 3 aromatic carbocycles. The van der Waals surface area contributed by atoms with Crippen LogP contribution in [-0.2, 0) is 6.42 Å². The average molecular weight is 537 g/mol. The second-order valence-electron chi connectivity index (χ2n) is 10.7. The Hall–Kier alpha value is -4.90. The number of hydrogen-bond acceptors (Lipinski definition) is 3. The summed E-state index contributed by atoms with van der Waals surface area (Å²) in [4.78, 5) is 9.53. The Labute approximate surface area is 239 Å². The van der Waals surface area contributed by atoms with E-state index in [2.05, 4.69) is 96.6 Å². The summed E-state index contributed by atoms with van der Waals surface area (Å²) in [6.45, 7) is 6.55. The van der Waals surface area contributed by atoms with Crippen LogP contribution in [0.2, 0.25) is 0 Å². The number of para-hydroxylation sites is 1. The first-order valence-corrected chi connectivity index (χ1v) is 14.3. The van der Waals surface area contributed by atoms with Crippen molar-refractivity contribution in [1.29, 1.82) is 0 Å². The van der Waals surface area contributed by atoms with Crippen molar-refractivity contribution in [2.45, 2.75) is 40.0 Å². The number of benzene rings is 3. The van der Waals surface area contributed by atoms with Crippen molar-refractivity contribution in [3.8, 4) is 34.1 Å². The molecule has 0 aliphatic carbocycles. The fourth-order valence-corrected chi connectivity index (χ4v) is 5.94. The smallest absolute Gasteiger partial charge is 0.144 e. The summed E-state index contributed by atoms with van der Waals surface area (Å²) in [6.07, 6.45) is 10.9. The number of nitrogens with zero attached hydrogens (tertiary/aromatic N) is 4. The lowest BCUT2D eigenvalue weighted by Gasteiger charge is -2.15. The van der Waals surface area contributed by atoms with Gasteiger partial charge in [0.05, 0.1) is 29.2 Å². The molecule has 0 saturated heterocycles. The number of aromatic nitrogens is 4. The molecule has 0 atom stereocenters. The summed E-state index contributed by atoms with van der Waals surface area (Å²) in [5.74, 6) is 1.78. The molecule has 0 saturated carbocycles. The van der Waals surface area contributed by atoms with Crippen LogP contribution in [0.15, 0.2) is 108 Å². The monoisotopic (exact) mass is 536 g/mol. The fraction of sp³-hybridized carbons (Fsp3) is 0.167. The number of aryl methyl sites for hydroxylation is 3. The van der Waals surface area contributed by atoms with Gasteiger partial charge in [-0.15, -0.1) is 0 Å². The number of imidazole rings is 1. The van der Waals surface area contributed by atoms with Gasteiger partial charge in [0.2, 0.25) is 0 Å². The van der Waals surface area contributed by atoms with Crippen molar-refractivity contribution in [3.05, 3.63) is 121 Å². The number of rotatable bonds is 7. The summed E-state index contributed by atoms with van der Waals surface area (Å²) >= 11 is 0. The Bertz CT molecular complexity index is 2010. The van der Waals surface area contributed by atoms with Crippen LogP contribution < -0.4 is 0 Å². The minimum absolute atomic E-state index is 0.866. The molecule has 0 amide bonds. The summed E-state index contributed by atoms with van der Waals surface area (Å²) in [6, 6.07) is 28.0. The van der Waals surface area contributed by atoms with E-state index in [0.29, 0.717) is 0 Å². The first kappa shape index (κ1) is 25.1. The van der Waals surface area contributed by atoms with Gasteiger partial charge in [0, 0.05) is 45.7 Å². The van der Waals surface area contributed by atoms with E-state index < -0.39 is 0 Å². The zero-order chi connectivity index (χ0) is 27.9. The number of furan rings is 1. The van der Waals surface area contributed by atoms with Gasteiger partial charge < -0.3 is 8.98 Å². The summed E-state index contributed by atoms with van der Waals surface area (Å²) in [7, 11) is 0. The molecule has 5 heteroatoms. The lowest BCUT2D eigenvalue weighted by atomic mass is 10.1. The minimum Gasteiger partial charge on any atom is -0.464 e. The van der Waals surface area contributed by atoms with Gasteiger partial charge in [0.25, 0.3) is 0 Å². The largest absolute Gasteiger partial charge is 0.464 e. The van der Waals surface area contributed by atoms with E-state index in [1.807, 2.05) is 30.7 Å². The van der Waals surface area contributed by atoms with E-state index >= 15 is 0 Å². The lowest BCUT2D eigenvalue weighted by Crippen LogP contribution is -2.03. The maximum atomic E-state index is 5.73. The predicted octanol–water partition coefficient (Wildman–Crippen LogP) is 9.25. The van der Waals surface area contributed by atoms with Gasteiger partial charge in [-0.25, -0.2) is 4.98 Å². The van der Waals surface area contributed by atoms with Crippen LogP contribution in [0.25, 0.3) is 55.9 Å². The van der Waals surface area contributed by atoms with Crippen LogP contribution in [0.5, 0.6) is 0 Å². The molecule has 0 N–H and O–H groups in total. The molecule has 7 aromatic rings. The summed E-state index contributed by atoms with van der Waals surface area (Å²) < 4.78 is 10.2. The highest BCUT2D eigenvalue weighted by atomic mass is 16.3. The molecule has 4 heterocycles. The molecular weight excluding hydrogens is 504 g/mol. The average Bonchev–Trinajstić information content (AvgIpc) is 3.76. The zero-order valence-corrected chi connectivity index (χ0v) is 23.6. The SMILES string of the molecule is CCCCc1cc(C)c(-n2ccnc2-c2ccc(-n3c4ccccc4c4ccc(-c5ccco5)cc43)c(C)c2)cn1. The molecule has 0 radical (unpaired) electrons. The number of pyridine rings is 1. The number of hydrogen-bond donors (Lipinski definition) is 0. The quantitative estimate of drug-likeness (QED) is 0.204. The topological polar surface area (TPSA) is 48.8 Å².